The zero-order valence-electron chi connectivity index (χ0n) is 20.7. The molecule has 0 bridgehead atoms. The second-order valence-corrected chi connectivity index (χ2v) is 11.6. The van der Waals surface area contributed by atoms with Gasteiger partial charge in [0.15, 0.2) is 0 Å². The minimum Gasteiger partial charge on any atom is -0.443 e. The molecule has 6 nitrogen and oxygen atoms in total. The second kappa shape index (κ2) is 8.22. The summed E-state index contributed by atoms with van der Waals surface area (Å²) in [6.07, 6.45) is 6.11. The van der Waals surface area contributed by atoms with E-state index >= 15 is 0 Å². The third-order valence-corrected chi connectivity index (χ3v) is 6.32. The third-order valence-electron chi connectivity index (χ3n) is 6.32. The van der Waals surface area contributed by atoms with Gasteiger partial charge in [-0.3, -0.25) is 9.58 Å². The summed E-state index contributed by atoms with van der Waals surface area (Å²) in [5, 5.41) is 6.10. The molecular formula is C26H38N4O2. The molecule has 4 rings (SSSR count). The van der Waals surface area contributed by atoms with Crippen molar-refractivity contribution in [2.75, 3.05) is 26.7 Å². The second-order valence-electron chi connectivity index (χ2n) is 11.6. The van der Waals surface area contributed by atoms with Crippen molar-refractivity contribution in [3.63, 3.8) is 0 Å². The van der Waals surface area contributed by atoms with E-state index in [2.05, 4.69) is 67.9 Å². The lowest BCUT2D eigenvalue weighted by Gasteiger charge is -2.40. The molecule has 174 valence electrons. The van der Waals surface area contributed by atoms with Crippen molar-refractivity contribution in [2.24, 2.45) is 11.3 Å². The van der Waals surface area contributed by atoms with Crippen LogP contribution in [-0.4, -0.2) is 58.0 Å². The van der Waals surface area contributed by atoms with Crippen molar-refractivity contribution < 1.29 is 9.53 Å². The van der Waals surface area contributed by atoms with Crippen molar-refractivity contribution >= 4 is 22.7 Å². The molecule has 0 aliphatic carbocycles. The van der Waals surface area contributed by atoms with Gasteiger partial charge in [-0.2, -0.15) is 5.10 Å². The van der Waals surface area contributed by atoms with E-state index in [1.807, 2.05) is 20.8 Å². The number of benzene rings is 1. The van der Waals surface area contributed by atoms with Crippen LogP contribution in [0.5, 0.6) is 0 Å². The summed E-state index contributed by atoms with van der Waals surface area (Å²) in [6, 6.07) is 6.71. The van der Waals surface area contributed by atoms with Crippen LogP contribution < -0.4 is 0 Å². The number of ether oxygens (including phenoxy) is 1. The SMILES string of the molecule is C[C@H]1CC=C(c2ccc3cn(C4CN(C)CC(C)(C)C4)nc3c2)N(C(=O)OC(C)(C)C)C1. The summed E-state index contributed by atoms with van der Waals surface area (Å²) < 4.78 is 7.85. The maximum Gasteiger partial charge on any atom is 0.414 e. The molecule has 1 saturated heterocycles. The molecule has 6 heteroatoms. The summed E-state index contributed by atoms with van der Waals surface area (Å²) >= 11 is 0. The molecule has 1 amide bonds. The highest BCUT2D eigenvalue weighted by Crippen LogP contribution is 2.35. The van der Waals surface area contributed by atoms with Gasteiger partial charge in [0.05, 0.1) is 17.3 Å². The average molecular weight is 439 g/mol. The van der Waals surface area contributed by atoms with Crippen LogP contribution >= 0.6 is 0 Å². The fourth-order valence-corrected chi connectivity index (χ4v) is 5.15. The molecule has 1 aromatic heterocycles. The molecule has 1 aromatic carbocycles. The molecule has 0 radical (unpaired) electrons. The summed E-state index contributed by atoms with van der Waals surface area (Å²) in [5.74, 6) is 0.404. The van der Waals surface area contributed by atoms with Gasteiger partial charge in [0, 0.05) is 36.8 Å². The first-order valence-electron chi connectivity index (χ1n) is 11.8. The zero-order valence-corrected chi connectivity index (χ0v) is 20.7. The van der Waals surface area contributed by atoms with Gasteiger partial charge in [-0.25, -0.2) is 4.79 Å². The van der Waals surface area contributed by atoms with Gasteiger partial charge in [-0.05, 0) is 58.1 Å². The molecule has 2 aliphatic rings. The minimum atomic E-state index is -0.521. The Labute approximate surface area is 192 Å². The Bertz CT molecular complexity index is 1030. The van der Waals surface area contributed by atoms with E-state index in [4.69, 9.17) is 9.84 Å². The molecule has 0 saturated carbocycles. The summed E-state index contributed by atoms with van der Waals surface area (Å²) in [4.78, 5) is 17.1. The van der Waals surface area contributed by atoms with E-state index in [1.165, 1.54) is 0 Å². The van der Waals surface area contributed by atoms with E-state index in [9.17, 15) is 4.79 Å². The van der Waals surface area contributed by atoms with Crippen LogP contribution in [0.1, 0.15) is 66.0 Å². The number of rotatable bonds is 2. The van der Waals surface area contributed by atoms with Crippen molar-refractivity contribution in [3.8, 4) is 0 Å². The lowest BCUT2D eigenvalue weighted by molar-refractivity contribution is 0.0327. The first-order chi connectivity index (χ1) is 14.9. The van der Waals surface area contributed by atoms with E-state index in [-0.39, 0.29) is 11.5 Å². The third kappa shape index (κ3) is 5.01. The monoisotopic (exact) mass is 438 g/mol. The number of hydrogen-bond acceptors (Lipinski definition) is 4. The lowest BCUT2D eigenvalue weighted by atomic mass is 9.82. The standard InChI is InChI=1S/C26H38N4O2/c1-18-8-11-23(29(14-18)24(31)32-25(2,3)4)19-9-10-20-15-30(27-22(20)12-19)21-13-26(5,6)17-28(7)16-21/h9-12,15,18,21H,8,13-14,16-17H2,1-7H3/t18-,21?/m0/s1. The molecule has 2 atom stereocenters. The summed E-state index contributed by atoms with van der Waals surface area (Å²) in [7, 11) is 2.19. The predicted molar refractivity (Wildman–Crippen MR) is 129 cm³/mol. The highest BCUT2D eigenvalue weighted by Gasteiger charge is 2.33. The molecular weight excluding hydrogens is 400 g/mol. The molecule has 32 heavy (non-hydrogen) atoms. The normalized spacial score (nSPS) is 24.5. The highest BCUT2D eigenvalue weighted by atomic mass is 16.6. The average Bonchev–Trinajstić information content (AvgIpc) is 3.08. The largest absolute Gasteiger partial charge is 0.443 e. The van der Waals surface area contributed by atoms with Gasteiger partial charge in [-0.1, -0.05) is 39.0 Å². The highest BCUT2D eigenvalue weighted by molar-refractivity contribution is 5.87. The van der Waals surface area contributed by atoms with Crippen LogP contribution in [0.25, 0.3) is 16.6 Å². The van der Waals surface area contributed by atoms with Gasteiger partial charge in [0.2, 0.25) is 0 Å². The number of nitrogens with zero attached hydrogens (tertiary/aromatic N) is 4. The van der Waals surface area contributed by atoms with Crippen molar-refractivity contribution in [1.29, 1.82) is 0 Å². The Balaban J connectivity index is 1.63. The minimum absolute atomic E-state index is 0.276. The Kier molecular flexibility index (Phi) is 5.86. The van der Waals surface area contributed by atoms with Gasteiger partial charge in [0.1, 0.15) is 5.60 Å². The summed E-state index contributed by atoms with van der Waals surface area (Å²) in [6.45, 7) is 15.3. The van der Waals surface area contributed by atoms with Crippen LogP contribution in [0.3, 0.4) is 0 Å². The van der Waals surface area contributed by atoms with Crippen LogP contribution in [0.4, 0.5) is 4.79 Å². The van der Waals surface area contributed by atoms with Crippen LogP contribution in [0, 0.1) is 11.3 Å². The first-order valence-corrected chi connectivity index (χ1v) is 11.8. The maximum absolute atomic E-state index is 12.9. The van der Waals surface area contributed by atoms with Gasteiger partial charge < -0.3 is 9.64 Å². The Morgan fingerprint density at radius 2 is 1.97 bits per heavy atom. The molecule has 2 aliphatic heterocycles. The topological polar surface area (TPSA) is 50.6 Å². The number of allylic oxidation sites excluding steroid dienone is 1. The Morgan fingerprint density at radius 3 is 2.66 bits per heavy atom. The molecule has 0 N–H and O–H groups in total. The molecule has 2 aromatic rings. The number of amides is 1. The molecule has 1 fully saturated rings. The Morgan fingerprint density at radius 1 is 1.22 bits per heavy atom. The molecule has 0 spiro atoms. The van der Waals surface area contributed by atoms with Gasteiger partial charge in [0.25, 0.3) is 0 Å². The number of hydrogen-bond donors (Lipinski definition) is 0. The number of carbonyl (C=O) groups excluding carboxylic acids is 1. The van der Waals surface area contributed by atoms with E-state index < -0.39 is 5.60 Å². The van der Waals surface area contributed by atoms with Gasteiger partial charge >= 0.3 is 6.09 Å². The maximum atomic E-state index is 12.9. The quantitative estimate of drug-likeness (QED) is 0.616. The predicted octanol–water partition coefficient (Wildman–Crippen LogP) is 5.56. The fraction of sp³-hybridized carbons (Fsp3) is 0.615. The smallest absolute Gasteiger partial charge is 0.414 e. The number of piperidine rings is 1. The zero-order chi connectivity index (χ0) is 23.3. The Hall–Kier alpha value is -2.34. The molecule has 1 unspecified atom stereocenters. The molecule has 3 heterocycles. The van der Waals surface area contributed by atoms with Crippen LogP contribution in [0.2, 0.25) is 0 Å². The summed E-state index contributed by atoms with van der Waals surface area (Å²) in [5.41, 5.74) is 2.66. The lowest BCUT2D eigenvalue weighted by Crippen LogP contribution is -2.43. The van der Waals surface area contributed by atoms with E-state index in [1.54, 1.807) is 4.90 Å². The number of likely N-dealkylation sites (N-methyl/N-ethyl adjacent to an activating group) is 1. The van der Waals surface area contributed by atoms with E-state index in [0.717, 1.165) is 48.1 Å². The number of carbonyl (C=O) groups is 1. The van der Waals surface area contributed by atoms with E-state index in [0.29, 0.717) is 18.5 Å². The van der Waals surface area contributed by atoms with Crippen LogP contribution in [-0.2, 0) is 4.74 Å². The fourth-order valence-electron chi connectivity index (χ4n) is 5.15. The number of likely N-dealkylation sites (tertiary alicyclic amines) is 1. The van der Waals surface area contributed by atoms with Gasteiger partial charge in [-0.15, -0.1) is 0 Å². The first kappa shape index (κ1) is 22.8. The van der Waals surface area contributed by atoms with Crippen molar-refractivity contribution in [1.82, 2.24) is 19.6 Å². The van der Waals surface area contributed by atoms with Crippen molar-refractivity contribution in [3.05, 3.63) is 36.0 Å². The number of fused-ring (bicyclic) bond motifs is 1. The van der Waals surface area contributed by atoms with Crippen molar-refractivity contribution in [2.45, 2.75) is 66.0 Å². The van der Waals surface area contributed by atoms with Crippen LogP contribution in [0.15, 0.2) is 30.5 Å². The number of aromatic nitrogens is 2.